The lowest BCUT2D eigenvalue weighted by Crippen LogP contribution is -2.31. The third-order valence-corrected chi connectivity index (χ3v) is 7.28. The van der Waals surface area contributed by atoms with Crippen molar-refractivity contribution in [1.29, 1.82) is 0 Å². The van der Waals surface area contributed by atoms with Gasteiger partial charge in [0.1, 0.15) is 6.33 Å². The molecule has 118 valence electrons. The molecule has 1 unspecified atom stereocenters. The van der Waals surface area contributed by atoms with Crippen molar-refractivity contribution in [3.8, 4) is 0 Å². The van der Waals surface area contributed by atoms with Gasteiger partial charge in [-0.3, -0.25) is 9.10 Å². The van der Waals surface area contributed by atoms with Gasteiger partial charge in [-0.05, 0) is 36.0 Å². The van der Waals surface area contributed by atoms with E-state index in [0.717, 1.165) is 0 Å². The summed E-state index contributed by atoms with van der Waals surface area (Å²) in [6.45, 7) is 2.25. The van der Waals surface area contributed by atoms with Crippen molar-refractivity contribution in [1.82, 2.24) is 14.3 Å². The lowest BCUT2D eigenvalue weighted by atomic mass is 10.3. The van der Waals surface area contributed by atoms with Gasteiger partial charge < -0.3 is 0 Å². The molecule has 1 atom stereocenters. The average Bonchev–Trinajstić information content (AvgIpc) is 2.48. The maximum atomic E-state index is 12.7. The Kier molecular flexibility index (Phi) is 5.55. The van der Waals surface area contributed by atoms with Gasteiger partial charge in [-0.25, -0.2) is 9.97 Å². The minimum absolute atomic E-state index is 0.258. The minimum Gasteiger partial charge on any atom is -0.285 e. The summed E-state index contributed by atoms with van der Waals surface area (Å²) < 4.78 is 1.56. The molecule has 1 aromatic heterocycles. The third kappa shape index (κ3) is 3.33. The van der Waals surface area contributed by atoms with Crippen LogP contribution in [0.2, 0.25) is 10.0 Å². The number of amides is 1. The Morgan fingerprint density at radius 2 is 1.77 bits per heavy atom. The summed E-state index contributed by atoms with van der Waals surface area (Å²) >= 11 is 12.5. The van der Waals surface area contributed by atoms with Crippen molar-refractivity contribution in [3.05, 3.63) is 52.5 Å². The Labute approximate surface area is 145 Å². The molecular formula is C14H14Cl3N3OS. The first kappa shape index (κ1) is 17.3. The Hall–Kier alpha value is -1.01. The van der Waals surface area contributed by atoms with Crippen LogP contribution in [-0.4, -0.2) is 33.0 Å². The van der Waals surface area contributed by atoms with Crippen molar-refractivity contribution in [3.63, 3.8) is 0 Å². The molecule has 0 aliphatic rings. The van der Waals surface area contributed by atoms with Gasteiger partial charge in [0, 0.05) is 18.9 Å². The summed E-state index contributed by atoms with van der Waals surface area (Å²) in [4.78, 5) is 21.0. The van der Waals surface area contributed by atoms with Crippen LogP contribution in [-0.2, 0) is 0 Å². The van der Waals surface area contributed by atoms with Gasteiger partial charge in [-0.2, -0.15) is 0 Å². The molecule has 1 heterocycles. The van der Waals surface area contributed by atoms with E-state index in [2.05, 4.69) is 9.97 Å². The first-order valence-corrected chi connectivity index (χ1v) is 9.96. The molecule has 0 fully saturated rings. The van der Waals surface area contributed by atoms with E-state index < -0.39 is 9.43 Å². The molecule has 0 bridgehead atoms. The average molecular weight is 379 g/mol. The zero-order valence-electron chi connectivity index (χ0n) is 12.0. The van der Waals surface area contributed by atoms with E-state index in [9.17, 15) is 4.79 Å². The minimum atomic E-state index is -2.22. The van der Waals surface area contributed by atoms with Gasteiger partial charge in [0.2, 0.25) is 0 Å². The Morgan fingerprint density at radius 3 is 2.27 bits per heavy atom. The predicted molar refractivity (Wildman–Crippen MR) is 92.8 cm³/mol. The molecule has 0 N–H and O–H groups in total. The van der Waals surface area contributed by atoms with Crippen LogP contribution in [0.15, 0.2) is 41.8 Å². The molecule has 0 aliphatic heterocycles. The topological polar surface area (TPSA) is 46.1 Å². The summed E-state index contributed by atoms with van der Waals surface area (Å²) in [7, 11) is 4.54. The molecule has 0 radical (unpaired) electrons. The molecule has 22 heavy (non-hydrogen) atoms. The van der Waals surface area contributed by atoms with E-state index in [1.165, 1.54) is 18.7 Å². The van der Waals surface area contributed by atoms with E-state index in [1.807, 2.05) is 6.92 Å². The number of carbonyl (C=O) groups is 1. The number of rotatable bonds is 4. The largest absolute Gasteiger partial charge is 0.285 e. The van der Waals surface area contributed by atoms with E-state index in [1.54, 1.807) is 28.8 Å². The van der Waals surface area contributed by atoms with Gasteiger partial charge >= 0.3 is 0 Å². The molecule has 1 amide bonds. The molecule has 1 aromatic carbocycles. The molecule has 8 heteroatoms. The number of carbonyl (C=O) groups excluding carboxylic acids is 1. The Balaban J connectivity index is 2.48. The normalized spacial score (nSPS) is 15.0. The highest BCUT2D eigenvalue weighted by Gasteiger charge is 2.33. The number of hydrogen-bond donors (Lipinski definition) is 0. The van der Waals surface area contributed by atoms with Crippen LogP contribution in [0.25, 0.3) is 0 Å². The van der Waals surface area contributed by atoms with Gasteiger partial charge in [0.05, 0.1) is 20.5 Å². The zero-order valence-corrected chi connectivity index (χ0v) is 15.0. The SMILES string of the molecule is CCN(C(=O)c1cncnc1)S(C)(Cl)c1c(Cl)cccc1Cl. The van der Waals surface area contributed by atoms with Crippen molar-refractivity contribution in [2.45, 2.75) is 11.8 Å². The van der Waals surface area contributed by atoms with Crippen molar-refractivity contribution < 1.29 is 4.79 Å². The molecule has 0 saturated heterocycles. The van der Waals surface area contributed by atoms with Crippen LogP contribution >= 0.6 is 43.3 Å². The lowest BCUT2D eigenvalue weighted by Gasteiger charge is -2.41. The standard InChI is InChI=1S/C14H14Cl3N3OS/c1-3-20(14(21)10-7-18-9-19-8-10)22(2,17)13-11(15)5-4-6-12(13)16/h4-9H,3H2,1-2H3. The number of benzene rings is 1. The highest BCUT2D eigenvalue weighted by molar-refractivity contribution is 8.49. The van der Waals surface area contributed by atoms with E-state index >= 15 is 0 Å². The first-order valence-electron chi connectivity index (χ1n) is 6.38. The second-order valence-electron chi connectivity index (χ2n) is 4.46. The quantitative estimate of drug-likeness (QED) is 0.767. The number of halogens is 3. The van der Waals surface area contributed by atoms with E-state index in [4.69, 9.17) is 33.9 Å². The summed E-state index contributed by atoms with van der Waals surface area (Å²) in [5.74, 6) is -0.258. The van der Waals surface area contributed by atoms with Gasteiger partial charge in [0.25, 0.3) is 5.91 Å². The lowest BCUT2D eigenvalue weighted by molar-refractivity contribution is 0.0873. The fourth-order valence-electron chi connectivity index (χ4n) is 2.04. The van der Waals surface area contributed by atoms with Crippen LogP contribution in [0, 0.1) is 0 Å². The zero-order chi connectivity index (χ0) is 16.3. The van der Waals surface area contributed by atoms with Gasteiger partial charge in [0.15, 0.2) is 0 Å². The number of nitrogens with zero attached hydrogens (tertiary/aromatic N) is 3. The number of aromatic nitrogens is 2. The molecule has 0 spiro atoms. The molecule has 0 aliphatic carbocycles. The summed E-state index contributed by atoms with van der Waals surface area (Å²) in [6.07, 6.45) is 6.05. The van der Waals surface area contributed by atoms with Crippen LogP contribution in [0.1, 0.15) is 17.3 Å². The van der Waals surface area contributed by atoms with Crippen LogP contribution in [0.4, 0.5) is 0 Å². The van der Waals surface area contributed by atoms with Crippen LogP contribution in [0.5, 0.6) is 0 Å². The highest BCUT2D eigenvalue weighted by Crippen LogP contribution is 2.64. The van der Waals surface area contributed by atoms with Crippen molar-refractivity contribution in [2.75, 3.05) is 12.8 Å². The van der Waals surface area contributed by atoms with Crippen LogP contribution < -0.4 is 0 Å². The monoisotopic (exact) mass is 377 g/mol. The molecule has 2 rings (SSSR count). The van der Waals surface area contributed by atoms with Crippen molar-refractivity contribution >= 4 is 49.2 Å². The smallest absolute Gasteiger partial charge is 0.266 e. The summed E-state index contributed by atoms with van der Waals surface area (Å²) in [5.41, 5.74) is 0.368. The fourth-order valence-corrected chi connectivity index (χ4v) is 6.53. The predicted octanol–water partition coefficient (Wildman–Crippen LogP) is 4.81. The number of hydrogen-bond acceptors (Lipinski definition) is 3. The highest BCUT2D eigenvalue weighted by atomic mass is 35.7. The Morgan fingerprint density at radius 1 is 1.23 bits per heavy atom. The summed E-state index contributed by atoms with van der Waals surface area (Å²) in [5, 5.41) is 0.881. The molecular weight excluding hydrogens is 365 g/mol. The molecule has 2 aromatic rings. The van der Waals surface area contributed by atoms with E-state index in [0.29, 0.717) is 27.0 Å². The van der Waals surface area contributed by atoms with Crippen molar-refractivity contribution in [2.24, 2.45) is 0 Å². The maximum Gasteiger partial charge on any atom is 0.266 e. The fraction of sp³-hybridized carbons (Fsp3) is 0.214. The summed E-state index contributed by atoms with van der Waals surface area (Å²) in [6, 6.07) is 5.16. The third-order valence-electron chi connectivity index (χ3n) is 3.03. The van der Waals surface area contributed by atoms with Gasteiger partial charge in [-0.15, -0.1) is 0 Å². The maximum absolute atomic E-state index is 12.7. The van der Waals surface area contributed by atoms with Gasteiger partial charge in [-0.1, -0.05) is 38.7 Å². The second-order valence-corrected chi connectivity index (χ2v) is 9.48. The molecule has 0 saturated carbocycles. The van der Waals surface area contributed by atoms with E-state index in [-0.39, 0.29) is 5.91 Å². The van der Waals surface area contributed by atoms with Crippen LogP contribution in [0.3, 0.4) is 0 Å². The molecule has 4 nitrogen and oxygen atoms in total. The Bertz CT molecular complexity index is 662. The second kappa shape index (κ2) is 7.04. The first-order chi connectivity index (χ1) is 10.4.